The molecule has 1 aliphatic carbocycles. The van der Waals surface area contributed by atoms with Crippen molar-refractivity contribution < 1.29 is 14.3 Å². The molecule has 3 aromatic carbocycles. The van der Waals surface area contributed by atoms with E-state index in [1.165, 1.54) is 11.1 Å². The van der Waals surface area contributed by atoms with Gasteiger partial charge in [-0.3, -0.25) is 4.79 Å². The maximum absolute atomic E-state index is 14.2. The summed E-state index contributed by atoms with van der Waals surface area (Å²) in [4.78, 5) is 29.3. The van der Waals surface area contributed by atoms with Crippen LogP contribution in [0, 0.1) is 11.8 Å². The number of rotatable bonds is 5. The lowest BCUT2D eigenvalue weighted by atomic mass is 9.79. The summed E-state index contributed by atoms with van der Waals surface area (Å²) in [6, 6.07) is 25.9. The van der Waals surface area contributed by atoms with E-state index < -0.39 is 0 Å². The van der Waals surface area contributed by atoms with Crippen molar-refractivity contribution >= 4 is 23.3 Å². The molecule has 6 rings (SSSR count). The fraction of sp³-hybridized carbons (Fsp3) is 0.375. The van der Waals surface area contributed by atoms with Crippen molar-refractivity contribution in [3.63, 3.8) is 0 Å². The average molecular weight is 525 g/mol. The molecule has 0 bridgehead atoms. The molecule has 2 heterocycles. The zero-order valence-electron chi connectivity index (χ0n) is 22.3. The first-order valence-corrected chi connectivity index (χ1v) is 14.0. The SMILES string of the molecule is COc1ccc(NC(=O)NC2CCCCC2C(=O)N2CCC3C(c4ccccc4)Nc4ccccc4C32)cc1. The highest BCUT2D eigenvalue weighted by molar-refractivity contribution is 5.90. The zero-order valence-corrected chi connectivity index (χ0v) is 22.3. The average Bonchev–Trinajstić information content (AvgIpc) is 3.43. The second-order valence-electron chi connectivity index (χ2n) is 10.9. The molecule has 3 aliphatic rings. The topological polar surface area (TPSA) is 82.7 Å². The lowest BCUT2D eigenvalue weighted by molar-refractivity contribution is -0.138. The first-order chi connectivity index (χ1) is 19.1. The number of nitrogens with one attached hydrogen (secondary N) is 3. The molecule has 7 nitrogen and oxygen atoms in total. The second-order valence-corrected chi connectivity index (χ2v) is 10.9. The Morgan fingerprint density at radius 2 is 1.64 bits per heavy atom. The Morgan fingerprint density at radius 1 is 0.897 bits per heavy atom. The Kier molecular flexibility index (Phi) is 7.14. The maximum Gasteiger partial charge on any atom is 0.319 e. The van der Waals surface area contributed by atoms with Gasteiger partial charge < -0.3 is 25.6 Å². The van der Waals surface area contributed by atoms with Gasteiger partial charge in [0.05, 0.1) is 25.1 Å². The number of para-hydroxylation sites is 1. The van der Waals surface area contributed by atoms with Crippen molar-refractivity contribution in [3.05, 3.63) is 90.0 Å². The Bertz CT molecular complexity index is 1310. The molecule has 0 spiro atoms. The molecule has 1 saturated heterocycles. The minimum absolute atomic E-state index is 0.0239. The predicted octanol–water partition coefficient (Wildman–Crippen LogP) is 6.13. The van der Waals surface area contributed by atoms with Gasteiger partial charge in [-0.05, 0) is 60.7 Å². The number of hydrogen-bond donors (Lipinski definition) is 3. The second kappa shape index (κ2) is 11.0. The molecule has 2 aliphatic heterocycles. The van der Waals surface area contributed by atoms with Crippen LogP contribution in [0.1, 0.15) is 55.3 Å². The Morgan fingerprint density at radius 3 is 2.44 bits per heavy atom. The largest absolute Gasteiger partial charge is 0.497 e. The van der Waals surface area contributed by atoms with Crippen LogP contribution in [0.15, 0.2) is 78.9 Å². The van der Waals surface area contributed by atoms with Crippen LogP contribution in [0.2, 0.25) is 0 Å². The predicted molar refractivity (Wildman–Crippen MR) is 153 cm³/mol. The molecule has 1 saturated carbocycles. The molecule has 3 N–H and O–H groups in total. The number of carbonyl (C=O) groups excluding carboxylic acids is 2. The molecule has 5 atom stereocenters. The first kappa shape index (κ1) is 25.3. The highest BCUT2D eigenvalue weighted by Gasteiger charge is 2.48. The van der Waals surface area contributed by atoms with Crippen molar-refractivity contribution in [2.45, 2.75) is 50.2 Å². The normalized spacial score (nSPS) is 25.6. The van der Waals surface area contributed by atoms with E-state index in [0.717, 1.165) is 50.1 Å². The van der Waals surface area contributed by atoms with E-state index in [1.807, 2.05) is 30.3 Å². The number of carbonyl (C=O) groups is 2. The van der Waals surface area contributed by atoms with Crippen molar-refractivity contribution in [2.24, 2.45) is 11.8 Å². The van der Waals surface area contributed by atoms with E-state index in [1.54, 1.807) is 7.11 Å². The minimum Gasteiger partial charge on any atom is -0.497 e. The lowest BCUT2D eigenvalue weighted by Crippen LogP contribution is -2.51. The Hall–Kier alpha value is -4.00. The molecule has 3 amide bonds. The molecule has 39 heavy (non-hydrogen) atoms. The summed E-state index contributed by atoms with van der Waals surface area (Å²) in [6.45, 7) is 0.731. The summed E-state index contributed by atoms with van der Waals surface area (Å²) < 4.78 is 5.20. The van der Waals surface area contributed by atoms with Crippen molar-refractivity contribution in [3.8, 4) is 5.75 Å². The van der Waals surface area contributed by atoms with Gasteiger partial charge in [0, 0.05) is 29.9 Å². The van der Waals surface area contributed by atoms with Gasteiger partial charge in [-0.15, -0.1) is 0 Å². The van der Waals surface area contributed by atoms with Gasteiger partial charge in [0.1, 0.15) is 5.75 Å². The molecule has 202 valence electrons. The number of benzene rings is 3. The number of ether oxygens (including phenoxy) is 1. The third kappa shape index (κ3) is 5.05. The third-order valence-corrected chi connectivity index (χ3v) is 8.65. The highest BCUT2D eigenvalue weighted by Crippen LogP contribution is 2.51. The number of amides is 3. The molecule has 7 heteroatoms. The van der Waals surface area contributed by atoms with Gasteiger partial charge in [-0.25, -0.2) is 4.79 Å². The van der Waals surface area contributed by atoms with Crippen LogP contribution in [-0.4, -0.2) is 36.5 Å². The van der Waals surface area contributed by atoms with Crippen LogP contribution in [-0.2, 0) is 4.79 Å². The van der Waals surface area contributed by atoms with Gasteiger partial charge in [0.2, 0.25) is 5.91 Å². The van der Waals surface area contributed by atoms with Gasteiger partial charge >= 0.3 is 6.03 Å². The smallest absolute Gasteiger partial charge is 0.319 e. The minimum atomic E-state index is -0.277. The quantitative estimate of drug-likeness (QED) is 0.375. The van der Waals surface area contributed by atoms with E-state index >= 15 is 0 Å². The summed E-state index contributed by atoms with van der Waals surface area (Å²) in [5.41, 5.74) is 4.24. The number of hydrogen-bond acceptors (Lipinski definition) is 4. The number of fused-ring (bicyclic) bond motifs is 3. The van der Waals surface area contributed by atoms with Crippen LogP contribution in [0.4, 0.5) is 16.2 Å². The summed E-state index contributed by atoms with van der Waals surface area (Å²) in [7, 11) is 1.61. The maximum atomic E-state index is 14.2. The molecule has 2 fully saturated rings. The molecular weight excluding hydrogens is 488 g/mol. The summed E-state index contributed by atoms with van der Waals surface area (Å²) in [5.74, 6) is 0.966. The van der Waals surface area contributed by atoms with Crippen molar-refractivity contribution in [1.29, 1.82) is 0 Å². The van der Waals surface area contributed by atoms with Crippen LogP contribution in [0.5, 0.6) is 5.75 Å². The number of nitrogens with zero attached hydrogens (tertiary/aromatic N) is 1. The molecular formula is C32H36N4O3. The van der Waals surface area contributed by atoms with Gasteiger partial charge in [-0.2, -0.15) is 0 Å². The van der Waals surface area contributed by atoms with E-state index in [0.29, 0.717) is 11.6 Å². The zero-order chi connectivity index (χ0) is 26.8. The number of anilines is 2. The van der Waals surface area contributed by atoms with Crippen molar-refractivity contribution in [2.75, 3.05) is 24.3 Å². The highest BCUT2D eigenvalue weighted by atomic mass is 16.5. The fourth-order valence-corrected chi connectivity index (χ4v) is 6.78. The monoisotopic (exact) mass is 524 g/mol. The molecule has 3 aromatic rings. The fourth-order valence-electron chi connectivity index (χ4n) is 6.78. The number of urea groups is 1. The third-order valence-electron chi connectivity index (χ3n) is 8.65. The van der Waals surface area contributed by atoms with Crippen molar-refractivity contribution in [1.82, 2.24) is 10.2 Å². The van der Waals surface area contributed by atoms with Crippen LogP contribution in [0.25, 0.3) is 0 Å². The van der Waals surface area contributed by atoms with Crippen LogP contribution >= 0.6 is 0 Å². The van der Waals surface area contributed by atoms with E-state index in [2.05, 4.69) is 69.4 Å². The standard InChI is InChI=1S/C32H36N4O3/c1-39-23-17-15-22(16-18-23)33-32(38)35-28-14-8-6-12-25(28)31(37)36-20-19-26-29(21-9-3-2-4-10-21)34-27-13-7-5-11-24(27)30(26)36/h2-5,7,9-11,13,15-18,25-26,28-30,34H,6,8,12,14,19-20H2,1H3,(H2,33,35,38). The van der Waals surface area contributed by atoms with E-state index in [9.17, 15) is 9.59 Å². The summed E-state index contributed by atoms with van der Waals surface area (Å²) in [5, 5.41) is 9.83. The summed E-state index contributed by atoms with van der Waals surface area (Å²) in [6.07, 6.45) is 4.55. The molecule has 0 aromatic heterocycles. The molecule has 5 unspecified atom stereocenters. The van der Waals surface area contributed by atoms with Crippen LogP contribution < -0.4 is 20.7 Å². The Balaban J connectivity index is 1.21. The van der Waals surface area contributed by atoms with Gasteiger partial charge in [-0.1, -0.05) is 61.4 Å². The lowest BCUT2D eigenvalue weighted by Gasteiger charge is -2.42. The number of likely N-dealkylation sites (tertiary alicyclic amines) is 1. The summed E-state index contributed by atoms with van der Waals surface area (Å²) >= 11 is 0. The van der Waals surface area contributed by atoms with Gasteiger partial charge in [0.25, 0.3) is 0 Å². The number of methoxy groups -OCH3 is 1. The van der Waals surface area contributed by atoms with E-state index in [4.69, 9.17) is 4.74 Å². The molecule has 0 radical (unpaired) electrons. The van der Waals surface area contributed by atoms with Gasteiger partial charge in [0.15, 0.2) is 0 Å². The first-order valence-electron chi connectivity index (χ1n) is 14.0. The Labute approximate surface area is 229 Å². The van der Waals surface area contributed by atoms with E-state index in [-0.39, 0.29) is 36.0 Å². The van der Waals surface area contributed by atoms with Crippen LogP contribution in [0.3, 0.4) is 0 Å².